The Morgan fingerprint density at radius 1 is 1.21 bits per heavy atom. The molecule has 1 N–H and O–H groups in total. The molecule has 0 fully saturated rings. The Kier molecular flexibility index (Phi) is 3.03. The number of aromatic amines is 1. The summed E-state index contributed by atoms with van der Waals surface area (Å²) >= 11 is 0. The fourth-order valence-corrected chi connectivity index (χ4v) is 2.11. The Morgan fingerprint density at radius 2 is 2.11 bits per heavy atom. The van der Waals surface area contributed by atoms with Gasteiger partial charge in [-0.25, -0.2) is 4.98 Å². The van der Waals surface area contributed by atoms with Crippen LogP contribution in [0.15, 0.2) is 22.7 Å². The third-order valence-electron chi connectivity index (χ3n) is 3.17. The van der Waals surface area contributed by atoms with Crippen LogP contribution in [0.3, 0.4) is 0 Å². The molecule has 2 aromatic heterocycles. The van der Waals surface area contributed by atoms with Crippen LogP contribution >= 0.6 is 0 Å². The number of aryl methyl sites for hydroxylation is 4. The van der Waals surface area contributed by atoms with Gasteiger partial charge in [0.1, 0.15) is 5.82 Å². The van der Waals surface area contributed by atoms with Crippen molar-refractivity contribution in [3.8, 4) is 0 Å². The van der Waals surface area contributed by atoms with E-state index in [2.05, 4.69) is 33.1 Å². The van der Waals surface area contributed by atoms with Gasteiger partial charge < -0.3 is 9.51 Å². The van der Waals surface area contributed by atoms with Crippen molar-refractivity contribution < 1.29 is 4.52 Å². The number of fused-ring (bicyclic) bond motifs is 1. The summed E-state index contributed by atoms with van der Waals surface area (Å²) < 4.78 is 5.17. The molecule has 0 aliphatic carbocycles. The van der Waals surface area contributed by atoms with E-state index in [0.717, 1.165) is 35.5 Å². The SMILES string of the molecule is CCc1noc(CCc2nc3c(C)cccc3[nH]2)n1. The van der Waals surface area contributed by atoms with Crippen LogP contribution in [-0.4, -0.2) is 20.1 Å². The molecular weight excluding hydrogens is 240 g/mol. The van der Waals surface area contributed by atoms with Gasteiger partial charge in [-0.15, -0.1) is 0 Å². The van der Waals surface area contributed by atoms with E-state index < -0.39 is 0 Å². The summed E-state index contributed by atoms with van der Waals surface area (Å²) in [5.74, 6) is 2.39. The van der Waals surface area contributed by atoms with Gasteiger partial charge in [-0.1, -0.05) is 24.2 Å². The minimum Gasteiger partial charge on any atom is -0.342 e. The molecule has 0 saturated heterocycles. The van der Waals surface area contributed by atoms with Crippen molar-refractivity contribution in [2.75, 3.05) is 0 Å². The van der Waals surface area contributed by atoms with E-state index in [1.807, 2.05) is 19.1 Å². The van der Waals surface area contributed by atoms with Crippen LogP contribution < -0.4 is 0 Å². The summed E-state index contributed by atoms with van der Waals surface area (Å²) in [6, 6.07) is 6.14. The van der Waals surface area contributed by atoms with Gasteiger partial charge in [-0.05, 0) is 18.6 Å². The van der Waals surface area contributed by atoms with Crippen LogP contribution in [0, 0.1) is 6.92 Å². The number of hydrogen-bond acceptors (Lipinski definition) is 4. The van der Waals surface area contributed by atoms with Gasteiger partial charge in [0.05, 0.1) is 11.0 Å². The standard InChI is InChI=1S/C14H16N4O/c1-3-11-16-13(19-18-11)8-7-12-15-10-6-4-5-9(2)14(10)17-12/h4-6H,3,7-8H2,1-2H3,(H,15,17). The fraction of sp³-hybridized carbons (Fsp3) is 0.357. The maximum atomic E-state index is 5.17. The average Bonchev–Trinajstić information content (AvgIpc) is 3.03. The Bertz CT molecular complexity index is 698. The Hall–Kier alpha value is -2.17. The predicted molar refractivity (Wildman–Crippen MR) is 71.9 cm³/mol. The topological polar surface area (TPSA) is 67.6 Å². The minimum atomic E-state index is 0.675. The second-order valence-electron chi connectivity index (χ2n) is 4.61. The summed E-state index contributed by atoms with van der Waals surface area (Å²) in [5.41, 5.74) is 3.30. The first-order chi connectivity index (χ1) is 9.26. The Labute approximate surface area is 111 Å². The van der Waals surface area contributed by atoms with Gasteiger partial charge in [0.2, 0.25) is 5.89 Å². The molecule has 0 unspecified atom stereocenters. The molecule has 0 radical (unpaired) electrons. The van der Waals surface area contributed by atoms with Gasteiger partial charge >= 0.3 is 0 Å². The molecule has 19 heavy (non-hydrogen) atoms. The molecular formula is C14H16N4O. The predicted octanol–water partition coefficient (Wildman–Crippen LogP) is 2.60. The Morgan fingerprint density at radius 3 is 2.84 bits per heavy atom. The largest absolute Gasteiger partial charge is 0.342 e. The highest BCUT2D eigenvalue weighted by molar-refractivity contribution is 5.78. The van der Waals surface area contributed by atoms with Gasteiger partial charge in [-0.2, -0.15) is 4.98 Å². The lowest BCUT2D eigenvalue weighted by Crippen LogP contribution is -1.94. The lowest BCUT2D eigenvalue weighted by molar-refractivity contribution is 0.373. The van der Waals surface area contributed by atoms with E-state index in [4.69, 9.17) is 4.52 Å². The van der Waals surface area contributed by atoms with Crippen molar-refractivity contribution >= 4 is 11.0 Å². The van der Waals surface area contributed by atoms with Crippen molar-refractivity contribution in [3.63, 3.8) is 0 Å². The van der Waals surface area contributed by atoms with Gasteiger partial charge in [0, 0.05) is 19.3 Å². The highest BCUT2D eigenvalue weighted by Crippen LogP contribution is 2.16. The summed E-state index contributed by atoms with van der Waals surface area (Å²) in [6.45, 7) is 4.08. The third-order valence-corrected chi connectivity index (χ3v) is 3.17. The van der Waals surface area contributed by atoms with Crippen LogP contribution in [0.1, 0.15) is 30.0 Å². The summed E-state index contributed by atoms with van der Waals surface area (Å²) in [6.07, 6.45) is 2.29. The zero-order chi connectivity index (χ0) is 13.2. The van der Waals surface area contributed by atoms with Gasteiger partial charge in [0.15, 0.2) is 5.82 Å². The molecule has 3 rings (SSSR count). The van der Waals surface area contributed by atoms with Crippen molar-refractivity contribution in [2.24, 2.45) is 0 Å². The molecule has 0 aliphatic rings. The molecule has 0 amide bonds. The summed E-state index contributed by atoms with van der Waals surface area (Å²) in [7, 11) is 0. The molecule has 3 aromatic rings. The number of H-pyrrole nitrogens is 1. The molecule has 0 atom stereocenters. The number of hydrogen-bond donors (Lipinski definition) is 1. The van der Waals surface area contributed by atoms with Crippen LogP contribution in [0.5, 0.6) is 0 Å². The molecule has 0 saturated carbocycles. The van der Waals surface area contributed by atoms with Gasteiger partial charge in [0.25, 0.3) is 0 Å². The van der Waals surface area contributed by atoms with Crippen molar-refractivity contribution in [1.29, 1.82) is 0 Å². The third kappa shape index (κ3) is 2.36. The van der Waals surface area contributed by atoms with Gasteiger partial charge in [-0.3, -0.25) is 0 Å². The highest BCUT2D eigenvalue weighted by Gasteiger charge is 2.08. The lowest BCUT2D eigenvalue weighted by Gasteiger charge is -1.91. The smallest absolute Gasteiger partial charge is 0.227 e. The first-order valence-electron chi connectivity index (χ1n) is 6.52. The average molecular weight is 256 g/mol. The molecule has 0 bridgehead atoms. The molecule has 5 nitrogen and oxygen atoms in total. The number of aromatic nitrogens is 4. The molecule has 2 heterocycles. The first kappa shape index (κ1) is 11.9. The number of imidazole rings is 1. The number of benzene rings is 1. The molecule has 5 heteroatoms. The molecule has 0 spiro atoms. The van der Waals surface area contributed by atoms with Crippen LogP contribution in [0.4, 0.5) is 0 Å². The zero-order valence-corrected chi connectivity index (χ0v) is 11.1. The molecule has 0 aliphatic heterocycles. The van der Waals surface area contributed by atoms with Crippen molar-refractivity contribution in [2.45, 2.75) is 33.1 Å². The minimum absolute atomic E-state index is 0.675. The van der Waals surface area contributed by atoms with Crippen molar-refractivity contribution in [1.82, 2.24) is 20.1 Å². The second kappa shape index (κ2) is 4.84. The van der Waals surface area contributed by atoms with E-state index in [9.17, 15) is 0 Å². The summed E-state index contributed by atoms with van der Waals surface area (Å²) in [4.78, 5) is 12.2. The highest BCUT2D eigenvalue weighted by atomic mass is 16.5. The number of para-hydroxylation sites is 1. The maximum absolute atomic E-state index is 5.17. The van der Waals surface area contributed by atoms with Crippen LogP contribution in [-0.2, 0) is 19.3 Å². The number of rotatable bonds is 4. The first-order valence-corrected chi connectivity index (χ1v) is 6.52. The number of nitrogens with one attached hydrogen (secondary N) is 1. The molecule has 1 aromatic carbocycles. The van der Waals surface area contributed by atoms with E-state index >= 15 is 0 Å². The molecule has 98 valence electrons. The van der Waals surface area contributed by atoms with E-state index in [-0.39, 0.29) is 0 Å². The zero-order valence-electron chi connectivity index (χ0n) is 11.1. The van der Waals surface area contributed by atoms with Crippen LogP contribution in [0.2, 0.25) is 0 Å². The fourth-order valence-electron chi connectivity index (χ4n) is 2.11. The Balaban J connectivity index is 1.76. The van der Waals surface area contributed by atoms with Crippen LogP contribution in [0.25, 0.3) is 11.0 Å². The normalized spacial score (nSPS) is 11.3. The van der Waals surface area contributed by atoms with E-state index in [1.54, 1.807) is 0 Å². The quantitative estimate of drug-likeness (QED) is 0.779. The van der Waals surface area contributed by atoms with E-state index in [0.29, 0.717) is 12.3 Å². The van der Waals surface area contributed by atoms with E-state index in [1.165, 1.54) is 5.56 Å². The van der Waals surface area contributed by atoms with Crippen molar-refractivity contribution in [3.05, 3.63) is 41.3 Å². The monoisotopic (exact) mass is 256 g/mol. The number of nitrogens with zero attached hydrogens (tertiary/aromatic N) is 3. The lowest BCUT2D eigenvalue weighted by atomic mass is 10.2. The maximum Gasteiger partial charge on any atom is 0.227 e. The second-order valence-corrected chi connectivity index (χ2v) is 4.61. The summed E-state index contributed by atoms with van der Waals surface area (Å²) in [5, 5.41) is 3.89.